The van der Waals surface area contributed by atoms with Crippen molar-refractivity contribution in [3.05, 3.63) is 35.4 Å². The van der Waals surface area contributed by atoms with Crippen molar-refractivity contribution in [2.75, 3.05) is 6.54 Å². The Labute approximate surface area is 121 Å². The monoisotopic (exact) mass is 275 g/mol. The molecule has 0 bridgehead atoms. The maximum Gasteiger partial charge on any atom is 0.220 e. The molecule has 2 N–H and O–H groups in total. The Morgan fingerprint density at radius 2 is 2.15 bits per heavy atom. The van der Waals surface area contributed by atoms with Crippen LogP contribution in [0.4, 0.5) is 0 Å². The first kappa shape index (κ1) is 15.0. The van der Waals surface area contributed by atoms with E-state index in [2.05, 4.69) is 18.3 Å². The van der Waals surface area contributed by atoms with E-state index in [1.165, 1.54) is 5.56 Å². The number of hydrogen-bond donors (Lipinski definition) is 2. The zero-order valence-corrected chi connectivity index (χ0v) is 12.3. The van der Waals surface area contributed by atoms with Crippen LogP contribution in [-0.2, 0) is 16.8 Å². The van der Waals surface area contributed by atoms with E-state index >= 15 is 0 Å². The van der Waals surface area contributed by atoms with E-state index in [0.29, 0.717) is 13.0 Å². The molecule has 0 heterocycles. The summed E-state index contributed by atoms with van der Waals surface area (Å²) in [6.45, 7) is 2.45. The summed E-state index contributed by atoms with van der Waals surface area (Å²) >= 11 is 0. The van der Waals surface area contributed by atoms with E-state index in [1.807, 2.05) is 18.2 Å². The molecule has 1 aromatic carbocycles. The Kier molecular flexibility index (Phi) is 5.18. The molecule has 0 spiro atoms. The van der Waals surface area contributed by atoms with Crippen LogP contribution in [0.25, 0.3) is 0 Å². The maximum atomic E-state index is 11.8. The van der Waals surface area contributed by atoms with Crippen LogP contribution in [0.15, 0.2) is 24.3 Å². The van der Waals surface area contributed by atoms with Crippen molar-refractivity contribution < 1.29 is 9.90 Å². The first-order chi connectivity index (χ1) is 9.65. The normalized spacial score (nSPS) is 21.3. The third-order valence-corrected chi connectivity index (χ3v) is 4.14. The largest absolute Gasteiger partial charge is 0.383 e. The molecule has 0 saturated heterocycles. The molecule has 0 aromatic heterocycles. The lowest BCUT2D eigenvalue weighted by molar-refractivity contribution is -0.122. The second kappa shape index (κ2) is 6.89. The molecule has 1 aromatic rings. The smallest absolute Gasteiger partial charge is 0.220 e. The highest BCUT2D eigenvalue weighted by Gasteiger charge is 2.34. The van der Waals surface area contributed by atoms with Gasteiger partial charge in [-0.05, 0) is 36.8 Å². The Balaban J connectivity index is 1.94. The molecule has 0 saturated carbocycles. The van der Waals surface area contributed by atoms with Crippen molar-refractivity contribution in [1.29, 1.82) is 0 Å². The Bertz CT molecular complexity index is 458. The number of hydrogen-bond acceptors (Lipinski definition) is 2. The first-order valence-corrected chi connectivity index (χ1v) is 7.73. The summed E-state index contributed by atoms with van der Waals surface area (Å²) in [6.07, 6.45) is 6.40. The van der Waals surface area contributed by atoms with Crippen molar-refractivity contribution in [3.63, 3.8) is 0 Å². The van der Waals surface area contributed by atoms with Crippen molar-refractivity contribution in [2.45, 2.75) is 57.5 Å². The van der Waals surface area contributed by atoms with Crippen LogP contribution >= 0.6 is 0 Å². The van der Waals surface area contributed by atoms with Gasteiger partial charge in [-0.3, -0.25) is 4.79 Å². The molecule has 1 atom stereocenters. The summed E-state index contributed by atoms with van der Waals surface area (Å²) in [5.41, 5.74) is 1.30. The minimum absolute atomic E-state index is 0.0509. The highest BCUT2D eigenvalue weighted by molar-refractivity contribution is 5.75. The first-order valence-electron chi connectivity index (χ1n) is 7.73. The van der Waals surface area contributed by atoms with Crippen LogP contribution < -0.4 is 5.32 Å². The van der Waals surface area contributed by atoms with Gasteiger partial charge >= 0.3 is 0 Å². The zero-order valence-electron chi connectivity index (χ0n) is 12.3. The van der Waals surface area contributed by atoms with Gasteiger partial charge in [-0.25, -0.2) is 0 Å². The molecule has 3 heteroatoms. The van der Waals surface area contributed by atoms with Gasteiger partial charge in [0.2, 0.25) is 5.91 Å². The van der Waals surface area contributed by atoms with Gasteiger partial charge in [-0.15, -0.1) is 0 Å². The molecule has 0 radical (unpaired) electrons. The molecule has 1 aliphatic rings. The molecule has 3 nitrogen and oxygen atoms in total. The molecular formula is C17H25NO2. The lowest BCUT2D eigenvalue weighted by atomic mass is 9.79. The Morgan fingerprint density at radius 3 is 2.95 bits per heavy atom. The van der Waals surface area contributed by atoms with Gasteiger partial charge in [0, 0.05) is 6.42 Å². The van der Waals surface area contributed by atoms with Crippen LogP contribution in [0.2, 0.25) is 0 Å². The predicted octanol–water partition coefficient (Wildman–Crippen LogP) is 2.91. The number of aryl methyl sites for hydroxylation is 1. The van der Waals surface area contributed by atoms with Crippen LogP contribution in [0.1, 0.15) is 56.6 Å². The Hall–Kier alpha value is -1.35. The SMILES string of the molecule is CCCCCC(=O)NCC1(O)CCCc2ccccc21. The molecule has 1 unspecified atom stereocenters. The summed E-state index contributed by atoms with van der Waals surface area (Å²) in [6, 6.07) is 8.02. The molecular weight excluding hydrogens is 250 g/mol. The predicted molar refractivity (Wildman–Crippen MR) is 80.4 cm³/mol. The molecule has 0 aliphatic heterocycles. The van der Waals surface area contributed by atoms with Crippen LogP contribution in [-0.4, -0.2) is 17.6 Å². The summed E-state index contributed by atoms with van der Waals surface area (Å²) in [5, 5.41) is 13.7. The molecule has 0 fully saturated rings. The summed E-state index contributed by atoms with van der Waals surface area (Å²) in [5.74, 6) is 0.0509. The summed E-state index contributed by atoms with van der Waals surface area (Å²) < 4.78 is 0. The number of fused-ring (bicyclic) bond motifs is 1. The number of amides is 1. The van der Waals surface area contributed by atoms with Crippen LogP contribution in [0.3, 0.4) is 0 Å². The molecule has 110 valence electrons. The standard InChI is InChI=1S/C17H25NO2/c1-2-3-4-11-16(19)18-13-17(20)12-7-9-14-8-5-6-10-15(14)17/h5-6,8,10,20H,2-4,7,9,11-13H2,1H3,(H,18,19). The maximum absolute atomic E-state index is 11.8. The number of unbranched alkanes of at least 4 members (excludes halogenated alkanes) is 2. The van der Waals surface area contributed by atoms with Gasteiger partial charge < -0.3 is 10.4 Å². The quantitative estimate of drug-likeness (QED) is 0.784. The molecule has 20 heavy (non-hydrogen) atoms. The minimum atomic E-state index is -0.894. The summed E-state index contributed by atoms with van der Waals surface area (Å²) in [7, 11) is 0. The second-order valence-corrected chi connectivity index (χ2v) is 5.78. The fourth-order valence-electron chi connectivity index (χ4n) is 2.95. The van der Waals surface area contributed by atoms with Gasteiger partial charge in [-0.2, -0.15) is 0 Å². The van der Waals surface area contributed by atoms with Crippen molar-refractivity contribution in [1.82, 2.24) is 5.32 Å². The molecule has 1 amide bonds. The van der Waals surface area contributed by atoms with E-state index < -0.39 is 5.60 Å². The van der Waals surface area contributed by atoms with Crippen molar-refractivity contribution in [3.8, 4) is 0 Å². The third-order valence-electron chi connectivity index (χ3n) is 4.14. The minimum Gasteiger partial charge on any atom is -0.383 e. The number of benzene rings is 1. The van der Waals surface area contributed by atoms with E-state index in [9.17, 15) is 9.90 Å². The second-order valence-electron chi connectivity index (χ2n) is 5.78. The molecule has 1 aliphatic carbocycles. The fraction of sp³-hybridized carbons (Fsp3) is 0.588. The average Bonchev–Trinajstić information content (AvgIpc) is 2.46. The van der Waals surface area contributed by atoms with Gasteiger partial charge in [0.05, 0.1) is 6.54 Å². The van der Waals surface area contributed by atoms with Crippen molar-refractivity contribution >= 4 is 5.91 Å². The number of aliphatic hydroxyl groups is 1. The Morgan fingerprint density at radius 1 is 1.35 bits per heavy atom. The number of nitrogens with one attached hydrogen (secondary N) is 1. The van der Waals surface area contributed by atoms with Crippen LogP contribution in [0.5, 0.6) is 0 Å². The summed E-state index contributed by atoms with van der Waals surface area (Å²) in [4.78, 5) is 11.8. The van der Waals surface area contributed by atoms with E-state index in [1.54, 1.807) is 0 Å². The highest BCUT2D eigenvalue weighted by atomic mass is 16.3. The van der Waals surface area contributed by atoms with Gasteiger partial charge in [0.1, 0.15) is 5.60 Å². The van der Waals surface area contributed by atoms with Gasteiger partial charge in [-0.1, -0.05) is 44.0 Å². The third kappa shape index (κ3) is 3.60. The number of carbonyl (C=O) groups excluding carboxylic acids is 1. The van der Waals surface area contributed by atoms with E-state index in [4.69, 9.17) is 0 Å². The van der Waals surface area contributed by atoms with E-state index in [-0.39, 0.29) is 5.91 Å². The van der Waals surface area contributed by atoms with Gasteiger partial charge in [0.15, 0.2) is 0 Å². The zero-order chi connectivity index (χ0) is 14.4. The highest BCUT2D eigenvalue weighted by Crippen LogP contribution is 2.34. The van der Waals surface area contributed by atoms with E-state index in [0.717, 1.165) is 44.1 Å². The topological polar surface area (TPSA) is 49.3 Å². The molecule has 2 rings (SSSR count). The lowest BCUT2D eigenvalue weighted by Crippen LogP contribution is -2.42. The average molecular weight is 275 g/mol. The fourth-order valence-corrected chi connectivity index (χ4v) is 2.95. The number of carbonyl (C=O) groups is 1. The van der Waals surface area contributed by atoms with Crippen molar-refractivity contribution in [2.24, 2.45) is 0 Å². The lowest BCUT2D eigenvalue weighted by Gasteiger charge is -2.34. The number of rotatable bonds is 6. The van der Waals surface area contributed by atoms with Gasteiger partial charge in [0.25, 0.3) is 0 Å². The van der Waals surface area contributed by atoms with Crippen LogP contribution in [0, 0.1) is 0 Å².